The van der Waals surface area contributed by atoms with Gasteiger partial charge in [0.15, 0.2) is 0 Å². The SMILES string of the molecule is CCc1ccc(NC(=O)OCCN(CCO)C(=O)NCc2ccccc2Cl)cc1. The van der Waals surface area contributed by atoms with Crippen molar-refractivity contribution >= 4 is 29.4 Å². The van der Waals surface area contributed by atoms with Gasteiger partial charge in [-0.05, 0) is 35.7 Å². The molecule has 0 radical (unpaired) electrons. The highest BCUT2D eigenvalue weighted by Crippen LogP contribution is 2.14. The second kappa shape index (κ2) is 11.9. The Morgan fingerprint density at radius 2 is 1.83 bits per heavy atom. The maximum Gasteiger partial charge on any atom is 0.411 e. The first-order valence-corrected chi connectivity index (χ1v) is 9.81. The highest BCUT2D eigenvalue weighted by atomic mass is 35.5. The summed E-state index contributed by atoms with van der Waals surface area (Å²) in [6.07, 6.45) is 0.318. The van der Waals surface area contributed by atoms with Crippen LogP contribution in [0, 0.1) is 0 Å². The molecule has 29 heavy (non-hydrogen) atoms. The van der Waals surface area contributed by atoms with Gasteiger partial charge in [0.25, 0.3) is 0 Å². The highest BCUT2D eigenvalue weighted by Gasteiger charge is 2.14. The molecular weight excluding hydrogens is 394 g/mol. The van der Waals surface area contributed by atoms with Crippen molar-refractivity contribution in [3.63, 3.8) is 0 Å². The van der Waals surface area contributed by atoms with Crippen molar-refractivity contribution in [3.8, 4) is 0 Å². The predicted octanol–water partition coefficient (Wildman–Crippen LogP) is 3.66. The number of urea groups is 1. The average molecular weight is 420 g/mol. The summed E-state index contributed by atoms with van der Waals surface area (Å²) in [6, 6.07) is 14.3. The Labute approximate surface area is 175 Å². The van der Waals surface area contributed by atoms with Crippen LogP contribution in [0.5, 0.6) is 0 Å². The number of ether oxygens (including phenoxy) is 1. The minimum atomic E-state index is -0.602. The maximum absolute atomic E-state index is 12.3. The molecule has 3 N–H and O–H groups in total. The van der Waals surface area contributed by atoms with E-state index in [1.54, 1.807) is 18.2 Å². The molecule has 2 aromatic rings. The summed E-state index contributed by atoms with van der Waals surface area (Å²) in [7, 11) is 0. The number of benzene rings is 2. The number of rotatable bonds is 9. The lowest BCUT2D eigenvalue weighted by molar-refractivity contribution is 0.133. The van der Waals surface area contributed by atoms with Crippen molar-refractivity contribution in [1.29, 1.82) is 0 Å². The Morgan fingerprint density at radius 3 is 2.48 bits per heavy atom. The first-order chi connectivity index (χ1) is 14.0. The zero-order chi connectivity index (χ0) is 21.1. The number of aryl methyl sites for hydroxylation is 1. The molecule has 8 heteroatoms. The number of hydrogen-bond donors (Lipinski definition) is 3. The summed E-state index contributed by atoms with van der Waals surface area (Å²) in [4.78, 5) is 25.6. The minimum Gasteiger partial charge on any atom is -0.447 e. The summed E-state index contributed by atoms with van der Waals surface area (Å²) >= 11 is 6.08. The van der Waals surface area contributed by atoms with E-state index < -0.39 is 6.09 Å². The molecule has 0 unspecified atom stereocenters. The van der Waals surface area contributed by atoms with Crippen LogP contribution in [-0.4, -0.2) is 48.4 Å². The number of carbonyl (C=O) groups excluding carboxylic acids is 2. The Morgan fingerprint density at radius 1 is 1.10 bits per heavy atom. The van der Waals surface area contributed by atoms with E-state index in [1.165, 1.54) is 10.5 Å². The number of nitrogens with zero attached hydrogens (tertiary/aromatic N) is 1. The molecule has 0 saturated heterocycles. The van der Waals surface area contributed by atoms with Gasteiger partial charge in [0.1, 0.15) is 6.61 Å². The number of aliphatic hydroxyl groups is 1. The molecule has 0 bridgehead atoms. The van der Waals surface area contributed by atoms with E-state index in [0.29, 0.717) is 10.7 Å². The van der Waals surface area contributed by atoms with Gasteiger partial charge in [-0.3, -0.25) is 5.32 Å². The van der Waals surface area contributed by atoms with Crippen LogP contribution in [0.4, 0.5) is 15.3 Å². The second-order valence-corrected chi connectivity index (χ2v) is 6.68. The Kier molecular flexibility index (Phi) is 9.27. The molecule has 0 fully saturated rings. The Balaban J connectivity index is 1.77. The zero-order valence-corrected chi connectivity index (χ0v) is 17.1. The molecule has 0 saturated carbocycles. The quantitative estimate of drug-likeness (QED) is 0.578. The van der Waals surface area contributed by atoms with E-state index in [1.807, 2.05) is 30.3 Å². The van der Waals surface area contributed by atoms with Gasteiger partial charge in [-0.1, -0.05) is 48.9 Å². The van der Waals surface area contributed by atoms with Crippen molar-refractivity contribution in [2.45, 2.75) is 19.9 Å². The lowest BCUT2D eigenvalue weighted by Gasteiger charge is -2.22. The molecule has 2 aromatic carbocycles. The number of amides is 3. The Bertz CT molecular complexity index is 799. The Hall–Kier alpha value is -2.77. The molecule has 0 aliphatic heterocycles. The van der Waals surface area contributed by atoms with Crippen LogP contribution in [0.1, 0.15) is 18.1 Å². The van der Waals surface area contributed by atoms with Crippen molar-refractivity contribution in [3.05, 3.63) is 64.7 Å². The van der Waals surface area contributed by atoms with Crippen LogP contribution >= 0.6 is 11.6 Å². The molecular formula is C21H26ClN3O4. The van der Waals surface area contributed by atoms with Crippen molar-refractivity contribution in [2.75, 3.05) is 31.6 Å². The predicted molar refractivity (Wildman–Crippen MR) is 113 cm³/mol. The molecule has 0 spiro atoms. The highest BCUT2D eigenvalue weighted by molar-refractivity contribution is 6.31. The summed E-state index contributed by atoms with van der Waals surface area (Å²) in [5, 5.41) is 15.1. The molecule has 0 aliphatic carbocycles. The molecule has 7 nitrogen and oxygen atoms in total. The topological polar surface area (TPSA) is 90.9 Å². The monoisotopic (exact) mass is 419 g/mol. The number of aliphatic hydroxyl groups excluding tert-OH is 1. The summed E-state index contributed by atoms with van der Waals surface area (Å²) in [5.41, 5.74) is 2.60. The van der Waals surface area contributed by atoms with Crippen molar-refractivity contribution in [2.24, 2.45) is 0 Å². The van der Waals surface area contributed by atoms with Crippen molar-refractivity contribution in [1.82, 2.24) is 10.2 Å². The number of halogens is 1. The smallest absolute Gasteiger partial charge is 0.411 e. The lowest BCUT2D eigenvalue weighted by atomic mass is 10.1. The van der Waals surface area contributed by atoms with Gasteiger partial charge in [0.2, 0.25) is 0 Å². The first-order valence-electron chi connectivity index (χ1n) is 9.43. The largest absolute Gasteiger partial charge is 0.447 e. The third-order valence-corrected chi connectivity index (χ3v) is 4.62. The summed E-state index contributed by atoms with van der Waals surface area (Å²) in [5.74, 6) is 0. The van der Waals surface area contributed by atoms with Crippen LogP contribution in [0.25, 0.3) is 0 Å². The fraction of sp³-hybridized carbons (Fsp3) is 0.333. The van der Waals surface area contributed by atoms with Crippen LogP contribution in [-0.2, 0) is 17.7 Å². The van der Waals surface area contributed by atoms with E-state index in [-0.39, 0.29) is 38.9 Å². The van der Waals surface area contributed by atoms with E-state index in [2.05, 4.69) is 17.6 Å². The molecule has 2 rings (SSSR count). The van der Waals surface area contributed by atoms with Gasteiger partial charge in [0, 0.05) is 23.8 Å². The number of nitrogens with one attached hydrogen (secondary N) is 2. The lowest BCUT2D eigenvalue weighted by Crippen LogP contribution is -2.43. The minimum absolute atomic E-state index is 0.00160. The van der Waals surface area contributed by atoms with Crippen molar-refractivity contribution < 1.29 is 19.4 Å². The standard InChI is InChI=1S/C21H26ClN3O4/c1-2-16-7-9-18(10-8-16)24-21(28)29-14-12-25(11-13-26)20(27)23-15-17-5-3-4-6-19(17)22/h3-10,26H,2,11-15H2,1H3,(H,23,27)(H,24,28). The van der Waals surface area contributed by atoms with Crippen LogP contribution in [0.15, 0.2) is 48.5 Å². The number of hydrogen-bond acceptors (Lipinski definition) is 4. The van der Waals surface area contributed by atoms with E-state index >= 15 is 0 Å². The molecule has 0 atom stereocenters. The first kappa shape index (κ1) is 22.5. The summed E-state index contributed by atoms with van der Waals surface area (Å²) < 4.78 is 5.14. The number of carbonyl (C=O) groups is 2. The molecule has 156 valence electrons. The van der Waals surface area contributed by atoms with Gasteiger partial charge in [-0.15, -0.1) is 0 Å². The van der Waals surface area contributed by atoms with Crippen LogP contribution < -0.4 is 10.6 Å². The third kappa shape index (κ3) is 7.63. The van der Waals surface area contributed by atoms with E-state index in [9.17, 15) is 14.7 Å². The van der Waals surface area contributed by atoms with E-state index in [0.717, 1.165) is 12.0 Å². The fourth-order valence-electron chi connectivity index (χ4n) is 2.59. The third-order valence-electron chi connectivity index (χ3n) is 4.25. The number of anilines is 1. The van der Waals surface area contributed by atoms with Gasteiger partial charge < -0.3 is 20.1 Å². The second-order valence-electron chi connectivity index (χ2n) is 6.27. The maximum atomic E-state index is 12.3. The molecule has 3 amide bonds. The molecule has 0 aromatic heterocycles. The van der Waals surface area contributed by atoms with E-state index in [4.69, 9.17) is 16.3 Å². The van der Waals surface area contributed by atoms with Gasteiger partial charge in [0.05, 0.1) is 13.2 Å². The normalized spacial score (nSPS) is 10.3. The summed E-state index contributed by atoms with van der Waals surface area (Å²) in [6.45, 7) is 2.39. The average Bonchev–Trinajstić information content (AvgIpc) is 2.73. The van der Waals surface area contributed by atoms with Gasteiger partial charge >= 0.3 is 12.1 Å². The van der Waals surface area contributed by atoms with Crippen LogP contribution in [0.3, 0.4) is 0 Å². The molecule has 0 aliphatic rings. The van der Waals surface area contributed by atoms with Gasteiger partial charge in [-0.2, -0.15) is 0 Å². The zero-order valence-electron chi connectivity index (χ0n) is 16.4. The van der Waals surface area contributed by atoms with Crippen LogP contribution in [0.2, 0.25) is 5.02 Å². The van der Waals surface area contributed by atoms with Gasteiger partial charge in [-0.25, -0.2) is 9.59 Å². The fourth-order valence-corrected chi connectivity index (χ4v) is 2.79. The molecule has 0 heterocycles.